The van der Waals surface area contributed by atoms with Crippen LogP contribution in [0.5, 0.6) is 0 Å². The van der Waals surface area contributed by atoms with Gasteiger partial charge >= 0.3 is 0 Å². The summed E-state index contributed by atoms with van der Waals surface area (Å²) in [5.41, 5.74) is 4.00. The average molecular weight is 492 g/mol. The number of benzene rings is 2. The van der Waals surface area contributed by atoms with Gasteiger partial charge in [-0.1, -0.05) is 29.8 Å². The van der Waals surface area contributed by atoms with E-state index in [2.05, 4.69) is 20.7 Å². The monoisotopic (exact) mass is 491 g/mol. The molecule has 0 fully saturated rings. The van der Waals surface area contributed by atoms with E-state index in [1.807, 2.05) is 0 Å². The molecule has 33 heavy (non-hydrogen) atoms. The molecule has 3 rings (SSSR count). The Morgan fingerprint density at radius 3 is 2.18 bits per heavy atom. The zero-order valence-electron chi connectivity index (χ0n) is 18.0. The van der Waals surface area contributed by atoms with Gasteiger partial charge in [0, 0.05) is 10.4 Å². The number of aromatic nitrogens is 2. The molecule has 0 saturated heterocycles. The number of sulfonamides is 1. The number of amides is 2. The van der Waals surface area contributed by atoms with Crippen molar-refractivity contribution in [3.8, 4) is 0 Å². The summed E-state index contributed by atoms with van der Waals surface area (Å²) in [4.78, 5) is 37.7. The van der Waals surface area contributed by atoms with Crippen LogP contribution >= 0.6 is 11.6 Å². The number of nitrogens with zero attached hydrogens (tertiary/aromatic N) is 2. The Morgan fingerprint density at radius 2 is 1.58 bits per heavy atom. The van der Waals surface area contributed by atoms with Gasteiger partial charge in [0.1, 0.15) is 0 Å². The summed E-state index contributed by atoms with van der Waals surface area (Å²) in [5, 5.41) is 5.14. The summed E-state index contributed by atoms with van der Waals surface area (Å²) >= 11 is 5.77. The number of rotatable bonds is 6. The molecular formula is C21H22ClN5O5S. The van der Waals surface area contributed by atoms with Gasteiger partial charge < -0.3 is 0 Å². The third-order valence-electron chi connectivity index (χ3n) is 4.68. The third-order valence-corrected chi connectivity index (χ3v) is 6.49. The van der Waals surface area contributed by atoms with Crippen LogP contribution in [0.1, 0.15) is 37.3 Å². The molecule has 1 aromatic heterocycles. The molecule has 12 heteroatoms. The predicted octanol–water partition coefficient (Wildman–Crippen LogP) is 1.76. The van der Waals surface area contributed by atoms with Crippen LogP contribution in [-0.2, 0) is 14.8 Å². The van der Waals surface area contributed by atoms with Gasteiger partial charge in [0.25, 0.3) is 17.4 Å². The number of fused-ring (bicyclic) bond motifs is 1. The van der Waals surface area contributed by atoms with Crippen molar-refractivity contribution in [2.75, 3.05) is 0 Å². The van der Waals surface area contributed by atoms with Crippen LogP contribution in [-0.4, -0.2) is 36.1 Å². The molecule has 0 radical (unpaired) electrons. The van der Waals surface area contributed by atoms with Gasteiger partial charge in [0.2, 0.25) is 10.0 Å². The first-order valence-corrected chi connectivity index (χ1v) is 11.8. The van der Waals surface area contributed by atoms with E-state index in [9.17, 15) is 22.8 Å². The van der Waals surface area contributed by atoms with Crippen LogP contribution in [0.3, 0.4) is 0 Å². The molecule has 1 heterocycles. The summed E-state index contributed by atoms with van der Waals surface area (Å²) in [6.07, 6.45) is 0. The Balaban J connectivity index is 1.75. The number of hydrogen-bond acceptors (Lipinski definition) is 6. The van der Waals surface area contributed by atoms with Gasteiger partial charge in [-0.2, -0.15) is 9.82 Å². The summed E-state index contributed by atoms with van der Waals surface area (Å²) in [6.45, 7) is 4.82. The minimum absolute atomic E-state index is 0.0615. The lowest BCUT2D eigenvalue weighted by molar-refractivity contribution is -0.123. The topological polar surface area (TPSA) is 139 Å². The zero-order valence-corrected chi connectivity index (χ0v) is 19.6. The molecule has 1 atom stereocenters. The number of carbonyl (C=O) groups is 2. The molecule has 3 aromatic rings. The number of halogens is 1. The van der Waals surface area contributed by atoms with Crippen molar-refractivity contribution in [3.63, 3.8) is 0 Å². The Hall–Kier alpha value is -3.28. The minimum atomic E-state index is -3.99. The fourth-order valence-corrected chi connectivity index (χ4v) is 4.31. The van der Waals surface area contributed by atoms with Gasteiger partial charge in [-0.3, -0.25) is 25.2 Å². The van der Waals surface area contributed by atoms with Gasteiger partial charge in [-0.05, 0) is 51.1 Å². The fourth-order valence-electron chi connectivity index (χ4n) is 2.98. The summed E-state index contributed by atoms with van der Waals surface area (Å²) < 4.78 is 28.3. The van der Waals surface area contributed by atoms with E-state index in [1.54, 1.807) is 38.1 Å². The molecule has 174 valence electrons. The highest BCUT2D eigenvalue weighted by Gasteiger charge is 2.23. The Morgan fingerprint density at radius 1 is 0.970 bits per heavy atom. The second kappa shape index (κ2) is 9.69. The lowest BCUT2D eigenvalue weighted by Gasteiger charge is -2.16. The van der Waals surface area contributed by atoms with E-state index in [1.165, 1.54) is 35.9 Å². The first-order valence-electron chi connectivity index (χ1n) is 9.91. The molecule has 2 aromatic carbocycles. The smallest absolute Gasteiger partial charge is 0.271 e. The van der Waals surface area contributed by atoms with Crippen molar-refractivity contribution >= 4 is 44.2 Å². The van der Waals surface area contributed by atoms with E-state index in [0.29, 0.717) is 15.8 Å². The summed E-state index contributed by atoms with van der Waals surface area (Å²) in [5.74, 6) is -1.57. The first-order chi connectivity index (χ1) is 15.5. The van der Waals surface area contributed by atoms with Crippen molar-refractivity contribution in [3.05, 3.63) is 69.6 Å². The number of nitrogens with one attached hydrogen (secondary N) is 3. The first kappa shape index (κ1) is 24.4. The van der Waals surface area contributed by atoms with Crippen molar-refractivity contribution in [2.45, 2.75) is 37.8 Å². The predicted molar refractivity (Wildman–Crippen MR) is 123 cm³/mol. The highest BCUT2D eigenvalue weighted by atomic mass is 35.5. The third kappa shape index (κ3) is 5.38. The van der Waals surface area contributed by atoms with E-state index in [4.69, 9.17) is 11.6 Å². The lowest BCUT2D eigenvalue weighted by Crippen LogP contribution is -2.51. The molecule has 0 aliphatic rings. The van der Waals surface area contributed by atoms with Gasteiger partial charge in [0.05, 0.1) is 22.4 Å². The molecule has 2 amide bonds. The zero-order chi connectivity index (χ0) is 24.3. The molecule has 0 spiro atoms. The molecule has 0 saturated carbocycles. The SMILES string of the molecule is CC(C)n1nc(C(=O)NNC(=O)[C@H](C)NS(=O)(=O)c2ccc(Cl)cc2)c2ccccc2c1=O. The van der Waals surface area contributed by atoms with Crippen LogP contribution in [0.2, 0.25) is 5.02 Å². The van der Waals surface area contributed by atoms with Crippen LogP contribution in [0, 0.1) is 0 Å². The van der Waals surface area contributed by atoms with Crippen molar-refractivity contribution in [1.82, 2.24) is 25.4 Å². The average Bonchev–Trinajstić information content (AvgIpc) is 2.77. The van der Waals surface area contributed by atoms with Crippen molar-refractivity contribution in [1.29, 1.82) is 0 Å². The fraction of sp³-hybridized carbons (Fsp3) is 0.238. The van der Waals surface area contributed by atoms with Gasteiger partial charge in [-0.15, -0.1) is 0 Å². The highest BCUT2D eigenvalue weighted by Crippen LogP contribution is 2.15. The molecule has 10 nitrogen and oxygen atoms in total. The van der Waals surface area contributed by atoms with Crippen molar-refractivity contribution in [2.24, 2.45) is 0 Å². The maximum Gasteiger partial charge on any atom is 0.290 e. The molecule has 0 bridgehead atoms. The van der Waals surface area contributed by atoms with Gasteiger partial charge in [-0.25, -0.2) is 13.1 Å². The second-order valence-electron chi connectivity index (χ2n) is 7.48. The lowest BCUT2D eigenvalue weighted by atomic mass is 10.1. The maximum atomic E-state index is 12.8. The number of hydrogen-bond donors (Lipinski definition) is 3. The molecule has 3 N–H and O–H groups in total. The largest absolute Gasteiger partial charge is 0.290 e. The second-order valence-corrected chi connectivity index (χ2v) is 9.63. The molecular weight excluding hydrogens is 470 g/mol. The normalized spacial score (nSPS) is 12.5. The highest BCUT2D eigenvalue weighted by molar-refractivity contribution is 7.89. The van der Waals surface area contributed by atoms with E-state index < -0.39 is 27.9 Å². The van der Waals surface area contributed by atoms with E-state index in [0.717, 1.165) is 0 Å². The van der Waals surface area contributed by atoms with Crippen LogP contribution < -0.4 is 21.1 Å². The Kier molecular flexibility index (Phi) is 7.15. The van der Waals surface area contributed by atoms with Crippen LogP contribution in [0.25, 0.3) is 10.8 Å². The maximum absolute atomic E-state index is 12.8. The molecule has 0 aliphatic heterocycles. The summed E-state index contributed by atoms with van der Waals surface area (Å²) in [6, 6.07) is 10.4. The molecule has 0 unspecified atom stereocenters. The van der Waals surface area contributed by atoms with Crippen LogP contribution in [0.4, 0.5) is 0 Å². The summed E-state index contributed by atoms with van der Waals surface area (Å²) in [7, 11) is -3.99. The Labute approximate surface area is 195 Å². The van der Waals surface area contributed by atoms with Gasteiger partial charge in [0.15, 0.2) is 5.69 Å². The number of hydrazine groups is 1. The quantitative estimate of drug-likeness (QED) is 0.449. The standard InChI is InChI=1S/C21H22ClN5O5S/c1-12(2)27-21(30)17-7-5-4-6-16(17)18(25-27)20(29)24-23-19(28)13(3)26-33(31,32)15-10-8-14(22)9-11-15/h4-13,26H,1-3H3,(H,23,28)(H,24,29)/t13-/m0/s1. The number of carbonyl (C=O) groups excluding carboxylic acids is 2. The van der Waals surface area contributed by atoms with Crippen molar-refractivity contribution < 1.29 is 18.0 Å². The van der Waals surface area contributed by atoms with E-state index >= 15 is 0 Å². The Bertz CT molecular complexity index is 1370. The van der Waals surface area contributed by atoms with E-state index in [-0.39, 0.29) is 22.2 Å². The molecule has 0 aliphatic carbocycles. The minimum Gasteiger partial charge on any atom is -0.271 e. The van der Waals surface area contributed by atoms with Crippen LogP contribution in [0.15, 0.2) is 58.2 Å².